The zero-order valence-corrected chi connectivity index (χ0v) is 12.4. The summed E-state index contributed by atoms with van der Waals surface area (Å²) in [6.45, 7) is 3.09. The number of carboxylic acid groups (broad SMARTS) is 1. The standard InChI is InChI=1S/C14H19N3O3S/c18-13(19)12(11-2-1-7-21-11)16-14(20)15-10-8-17-5-3-9(10)4-6-17/h1-2,7,9-10,12H,3-6,8H2,(H,18,19)(H2,15,16,20). The average molecular weight is 309 g/mol. The Balaban J connectivity index is 1.59. The molecule has 0 radical (unpaired) electrons. The van der Waals surface area contributed by atoms with Crippen molar-refractivity contribution < 1.29 is 14.7 Å². The number of amides is 2. The van der Waals surface area contributed by atoms with E-state index in [1.165, 1.54) is 11.3 Å². The third-order valence-electron chi connectivity index (χ3n) is 4.32. The number of urea groups is 1. The zero-order chi connectivity index (χ0) is 14.8. The van der Waals surface area contributed by atoms with E-state index < -0.39 is 18.0 Å². The van der Waals surface area contributed by atoms with Gasteiger partial charge in [-0.1, -0.05) is 6.07 Å². The second-order valence-corrected chi connectivity index (χ2v) is 6.63. The fraction of sp³-hybridized carbons (Fsp3) is 0.571. The van der Waals surface area contributed by atoms with E-state index in [4.69, 9.17) is 0 Å². The Morgan fingerprint density at radius 2 is 2.14 bits per heavy atom. The molecule has 2 amide bonds. The molecule has 2 atom stereocenters. The maximum atomic E-state index is 12.1. The molecule has 3 saturated heterocycles. The highest BCUT2D eigenvalue weighted by molar-refractivity contribution is 7.10. The number of carbonyl (C=O) groups is 2. The van der Waals surface area contributed by atoms with Gasteiger partial charge in [0.25, 0.3) is 0 Å². The monoisotopic (exact) mass is 309 g/mol. The van der Waals surface area contributed by atoms with Crippen LogP contribution in [0, 0.1) is 5.92 Å². The predicted molar refractivity (Wildman–Crippen MR) is 79.3 cm³/mol. The Bertz CT molecular complexity index is 512. The van der Waals surface area contributed by atoms with Gasteiger partial charge in [-0.3, -0.25) is 0 Å². The van der Waals surface area contributed by atoms with Crippen molar-refractivity contribution >= 4 is 23.3 Å². The first-order valence-electron chi connectivity index (χ1n) is 7.19. The summed E-state index contributed by atoms with van der Waals surface area (Å²) in [6, 6.07) is 2.26. The number of nitrogens with zero attached hydrogens (tertiary/aromatic N) is 1. The van der Waals surface area contributed by atoms with Crippen LogP contribution in [0.4, 0.5) is 4.79 Å². The van der Waals surface area contributed by atoms with Crippen LogP contribution in [0.1, 0.15) is 23.8 Å². The van der Waals surface area contributed by atoms with E-state index in [0.717, 1.165) is 32.5 Å². The highest BCUT2D eigenvalue weighted by Crippen LogP contribution is 2.27. The first-order chi connectivity index (χ1) is 10.1. The topological polar surface area (TPSA) is 81.7 Å². The number of hydrogen-bond donors (Lipinski definition) is 3. The number of carboxylic acids is 1. The smallest absolute Gasteiger partial charge is 0.331 e. The maximum Gasteiger partial charge on any atom is 0.331 e. The van der Waals surface area contributed by atoms with Gasteiger partial charge in [0.15, 0.2) is 6.04 Å². The van der Waals surface area contributed by atoms with Crippen molar-refractivity contribution in [3.63, 3.8) is 0 Å². The van der Waals surface area contributed by atoms with Crippen molar-refractivity contribution in [3.8, 4) is 0 Å². The van der Waals surface area contributed by atoms with Gasteiger partial charge in [0.05, 0.1) is 0 Å². The van der Waals surface area contributed by atoms with Crippen molar-refractivity contribution in [2.24, 2.45) is 5.92 Å². The van der Waals surface area contributed by atoms with Crippen LogP contribution in [0.25, 0.3) is 0 Å². The van der Waals surface area contributed by atoms with Gasteiger partial charge in [-0.05, 0) is 43.3 Å². The molecule has 3 aliphatic rings. The summed E-state index contributed by atoms with van der Waals surface area (Å²) in [7, 11) is 0. The van der Waals surface area contributed by atoms with Gasteiger partial charge in [0.1, 0.15) is 0 Å². The summed E-state index contributed by atoms with van der Waals surface area (Å²) in [5.41, 5.74) is 0. The third kappa shape index (κ3) is 3.19. The van der Waals surface area contributed by atoms with Crippen molar-refractivity contribution in [1.82, 2.24) is 15.5 Å². The van der Waals surface area contributed by atoms with Gasteiger partial charge in [-0.2, -0.15) is 0 Å². The van der Waals surface area contributed by atoms with Crippen LogP contribution in [0.2, 0.25) is 0 Å². The number of thiophene rings is 1. The highest BCUT2D eigenvalue weighted by Gasteiger charge is 2.35. The van der Waals surface area contributed by atoms with Crippen LogP contribution in [-0.4, -0.2) is 47.7 Å². The van der Waals surface area contributed by atoms with Gasteiger partial charge >= 0.3 is 12.0 Å². The number of hydrogen-bond acceptors (Lipinski definition) is 4. The van der Waals surface area contributed by atoms with Gasteiger partial charge < -0.3 is 20.6 Å². The first-order valence-corrected chi connectivity index (χ1v) is 8.07. The highest BCUT2D eigenvalue weighted by atomic mass is 32.1. The summed E-state index contributed by atoms with van der Waals surface area (Å²) < 4.78 is 0. The Hall–Kier alpha value is -1.60. The number of piperidine rings is 3. The molecule has 1 aromatic heterocycles. The molecule has 7 heteroatoms. The fourth-order valence-corrected chi connectivity index (χ4v) is 3.95. The lowest BCUT2D eigenvalue weighted by molar-refractivity contribution is -0.139. The lowest BCUT2D eigenvalue weighted by Crippen LogP contribution is -2.59. The number of fused-ring (bicyclic) bond motifs is 3. The molecular formula is C14H19N3O3S. The molecule has 0 spiro atoms. The van der Waals surface area contributed by atoms with Gasteiger partial charge in [0.2, 0.25) is 0 Å². The first kappa shape index (κ1) is 14.3. The molecule has 3 aliphatic heterocycles. The molecule has 4 rings (SSSR count). The second kappa shape index (κ2) is 6.03. The Morgan fingerprint density at radius 1 is 1.38 bits per heavy atom. The molecule has 0 aromatic carbocycles. The van der Waals surface area contributed by atoms with Crippen molar-refractivity contribution in [1.29, 1.82) is 0 Å². The summed E-state index contributed by atoms with van der Waals surface area (Å²) in [4.78, 5) is 26.4. The van der Waals surface area contributed by atoms with Crippen LogP contribution in [0.3, 0.4) is 0 Å². The summed E-state index contributed by atoms with van der Waals surface area (Å²) in [5, 5.41) is 16.6. The maximum absolute atomic E-state index is 12.1. The van der Waals surface area contributed by atoms with Gasteiger partial charge in [-0.25, -0.2) is 9.59 Å². The SMILES string of the molecule is O=C(NC(C(=O)O)c1cccs1)NC1CN2CCC1CC2. The number of nitrogens with one attached hydrogen (secondary N) is 2. The second-order valence-electron chi connectivity index (χ2n) is 5.65. The lowest BCUT2D eigenvalue weighted by atomic mass is 9.84. The molecule has 2 bridgehead atoms. The van der Waals surface area contributed by atoms with Gasteiger partial charge in [-0.15, -0.1) is 11.3 Å². The molecule has 2 unspecified atom stereocenters. The lowest BCUT2D eigenvalue weighted by Gasteiger charge is -2.44. The predicted octanol–water partition coefficient (Wildman–Crippen LogP) is 1.27. The number of aliphatic carboxylic acids is 1. The minimum Gasteiger partial charge on any atom is -0.479 e. The largest absolute Gasteiger partial charge is 0.479 e. The zero-order valence-electron chi connectivity index (χ0n) is 11.6. The summed E-state index contributed by atoms with van der Waals surface area (Å²) in [5.74, 6) is -0.521. The fourth-order valence-electron chi connectivity index (χ4n) is 3.18. The Labute approximate surface area is 127 Å². The van der Waals surface area contributed by atoms with Crippen LogP contribution in [0.5, 0.6) is 0 Å². The Kier molecular flexibility index (Phi) is 4.12. The molecule has 6 nitrogen and oxygen atoms in total. The molecular weight excluding hydrogens is 290 g/mol. The van der Waals surface area contributed by atoms with Crippen LogP contribution >= 0.6 is 11.3 Å². The van der Waals surface area contributed by atoms with Crippen LogP contribution in [0.15, 0.2) is 17.5 Å². The van der Waals surface area contributed by atoms with E-state index in [1.54, 1.807) is 17.5 Å². The van der Waals surface area contributed by atoms with E-state index in [0.29, 0.717) is 10.8 Å². The van der Waals surface area contributed by atoms with E-state index >= 15 is 0 Å². The number of carbonyl (C=O) groups excluding carboxylic acids is 1. The quantitative estimate of drug-likeness (QED) is 0.782. The van der Waals surface area contributed by atoms with Crippen molar-refractivity contribution in [2.45, 2.75) is 24.9 Å². The minimum absolute atomic E-state index is 0.130. The average Bonchev–Trinajstić information content (AvgIpc) is 2.99. The molecule has 1 aromatic rings. The summed E-state index contributed by atoms with van der Waals surface area (Å²) >= 11 is 1.33. The molecule has 4 heterocycles. The molecule has 114 valence electrons. The number of rotatable bonds is 4. The molecule has 21 heavy (non-hydrogen) atoms. The molecule has 0 aliphatic carbocycles. The van der Waals surface area contributed by atoms with E-state index in [1.807, 2.05) is 0 Å². The van der Waals surface area contributed by atoms with E-state index in [-0.39, 0.29) is 6.04 Å². The van der Waals surface area contributed by atoms with Crippen molar-refractivity contribution in [2.75, 3.05) is 19.6 Å². The molecule has 3 N–H and O–H groups in total. The third-order valence-corrected chi connectivity index (χ3v) is 5.26. The molecule has 3 fully saturated rings. The van der Waals surface area contributed by atoms with Crippen molar-refractivity contribution in [3.05, 3.63) is 22.4 Å². The van der Waals surface area contributed by atoms with E-state index in [9.17, 15) is 14.7 Å². The van der Waals surface area contributed by atoms with Gasteiger partial charge in [0, 0.05) is 17.5 Å². The Morgan fingerprint density at radius 3 is 2.67 bits per heavy atom. The normalized spacial score (nSPS) is 28.9. The molecule has 0 saturated carbocycles. The minimum atomic E-state index is -1.04. The van der Waals surface area contributed by atoms with Crippen LogP contribution in [-0.2, 0) is 4.79 Å². The van der Waals surface area contributed by atoms with E-state index in [2.05, 4.69) is 15.5 Å². The van der Waals surface area contributed by atoms with Crippen LogP contribution < -0.4 is 10.6 Å². The summed E-state index contributed by atoms with van der Waals surface area (Å²) in [6.07, 6.45) is 2.22.